The Morgan fingerprint density at radius 2 is 1.54 bits per heavy atom. The largest absolute Gasteiger partial charge is 0.508 e. The zero-order valence-electron chi connectivity index (χ0n) is 31.7. The number of phenolic OH excluding ortho intramolecular Hbond substituents is 1. The van der Waals surface area contributed by atoms with E-state index in [0.717, 1.165) is 62.7 Å². The number of aryl methyl sites for hydroxylation is 1. The van der Waals surface area contributed by atoms with Crippen molar-refractivity contribution in [1.29, 1.82) is 0 Å². The normalized spacial score (nSPS) is 20.8. The summed E-state index contributed by atoms with van der Waals surface area (Å²) in [7, 11) is 0. The molecule has 57 heavy (non-hydrogen) atoms. The quantitative estimate of drug-likeness (QED) is 0.156. The second kappa shape index (κ2) is 15.7. The Labute approximate surface area is 331 Å². The SMILES string of the molecule is O=C1CCC(N2Cc3cc(Oc4ccc(N5CCN(CCOc6ccc([C@@H]7c8ccc(O)cc8CC[C@@H]7c7ccccc7)cc6)CC5)nc4)ccc3C2=O)C(=O)N1. The number of nitrogens with zero attached hydrogens (tertiary/aromatic N) is 4. The van der Waals surface area contributed by atoms with Crippen LogP contribution in [0.4, 0.5) is 5.82 Å². The number of carbonyl (C=O) groups is 3. The fraction of sp³-hybridized carbons (Fsp3) is 0.304. The number of amides is 3. The molecular formula is C46H45N5O6. The highest BCUT2D eigenvalue weighted by Gasteiger charge is 2.39. The van der Waals surface area contributed by atoms with Crippen molar-refractivity contribution in [2.45, 2.75) is 50.1 Å². The third-order valence-electron chi connectivity index (χ3n) is 11.9. The molecular weight excluding hydrogens is 719 g/mol. The summed E-state index contributed by atoms with van der Waals surface area (Å²) in [6.45, 7) is 5.25. The van der Waals surface area contributed by atoms with E-state index in [0.29, 0.717) is 48.3 Å². The molecule has 2 saturated heterocycles. The van der Waals surface area contributed by atoms with Gasteiger partial charge in [-0.1, -0.05) is 48.5 Å². The summed E-state index contributed by atoms with van der Waals surface area (Å²) in [6.07, 6.45) is 4.25. The zero-order valence-corrected chi connectivity index (χ0v) is 31.7. The lowest BCUT2D eigenvalue weighted by atomic mass is 9.69. The molecule has 4 aromatic carbocycles. The van der Waals surface area contributed by atoms with Crippen LogP contribution in [0.1, 0.15) is 69.3 Å². The van der Waals surface area contributed by atoms with Crippen LogP contribution in [-0.2, 0) is 22.6 Å². The molecule has 2 fully saturated rings. The smallest absolute Gasteiger partial charge is 0.255 e. The number of piperidine rings is 1. The van der Waals surface area contributed by atoms with E-state index in [9.17, 15) is 19.5 Å². The fourth-order valence-electron chi connectivity index (χ4n) is 8.91. The Morgan fingerprint density at radius 3 is 2.32 bits per heavy atom. The maximum Gasteiger partial charge on any atom is 0.255 e. The van der Waals surface area contributed by atoms with Gasteiger partial charge in [-0.2, -0.15) is 0 Å². The number of aromatic hydroxyl groups is 1. The molecule has 1 aliphatic carbocycles. The first-order chi connectivity index (χ1) is 27.9. The first-order valence-corrected chi connectivity index (χ1v) is 19.8. The van der Waals surface area contributed by atoms with E-state index in [2.05, 4.69) is 80.8 Å². The van der Waals surface area contributed by atoms with Crippen LogP contribution >= 0.6 is 0 Å². The van der Waals surface area contributed by atoms with Gasteiger partial charge in [0.15, 0.2) is 0 Å². The van der Waals surface area contributed by atoms with Crippen molar-refractivity contribution in [3.8, 4) is 23.0 Å². The average molecular weight is 764 g/mol. The molecule has 11 nitrogen and oxygen atoms in total. The van der Waals surface area contributed by atoms with Gasteiger partial charge in [0.25, 0.3) is 5.91 Å². The molecule has 1 aromatic heterocycles. The molecule has 9 rings (SSSR count). The lowest BCUT2D eigenvalue weighted by Crippen LogP contribution is -2.52. The van der Waals surface area contributed by atoms with Crippen molar-refractivity contribution in [2.24, 2.45) is 0 Å². The topological polar surface area (TPSA) is 125 Å². The van der Waals surface area contributed by atoms with Crippen molar-refractivity contribution in [3.05, 3.63) is 143 Å². The summed E-state index contributed by atoms with van der Waals surface area (Å²) in [6, 6.07) is 33.7. The minimum Gasteiger partial charge on any atom is -0.508 e. The van der Waals surface area contributed by atoms with Crippen molar-refractivity contribution in [2.75, 3.05) is 44.2 Å². The summed E-state index contributed by atoms with van der Waals surface area (Å²) in [5, 5.41) is 12.5. The van der Waals surface area contributed by atoms with Crippen LogP contribution in [0, 0.1) is 0 Å². The molecule has 5 aromatic rings. The minimum absolute atomic E-state index is 0.208. The number of nitrogens with one attached hydrogen (secondary N) is 1. The molecule has 2 N–H and O–H groups in total. The predicted octanol–water partition coefficient (Wildman–Crippen LogP) is 6.40. The molecule has 11 heteroatoms. The molecule has 0 spiro atoms. The van der Waals surface area contributed by atoms with E-state index in [4.69, 9.17) is 9.47 Å². The van der Waals surface area contributed by atoms with E-state index in [1.54, 1.807) is 18.3 Å². The van der Waals surface area contributed by atoms with Gasteiger partial charge in [-0.15, -0.1) is 0 Å². The highest BCUT2D eigenvalue weighted by Crippen LogP contribution is 2.47. The number of fused-ring (bicyclic) bond motifs is 2. The van der Waals surface area contributed by atoms with Gasteiger partial charge < -0.3 is 24.4 Å². The van der Waals surface area contributed by atoms with Crippen LogP contribution in [0.15, 0.2) is 109 Å². The molecule has 4 heterocycles. The molecule has 0 saturated carbocycles. The van der Waals surface area contributed by atoms with Gasteiger partial charge in [0.1, 0.15) is 41.5 Å². The number of carbonyl (C=O) groups excluding carboxylic acids is 3. The fourth-order valence-corrected chi connectivity index (χ4v) is 8.91. The Balaban J connectivity index is 0.751. The first-order valence-electron chi connectivity index (χ1n) is 19.8. The maximum atomic E-state index is 13.0. The Bertz CT molecular complexity index is 2270. The van der Waals surface area contributed by atoms with Crippen molar-refractivity contribution in [3.63, 3.8) is 0 Å². The number of phenols is 1. The monoisotopic (exact) mass is 763 g/mol. The molecule has 1 unspecified atom stereocenters. The summed E-state index contributed by atoms with van der Waals surface area (Å²) in [4.78, 5) is 47.9. The Kier molecular flexibility index (Phi) is 10.1. The number of rotatable bonds is 10. The number of pyridine rings is 1. The first kappa shape index (κ1) is 36.4. The standard InChI is InChI=1S/C46H45N5O6/c52-34-9-15-39-32(26-34)8-14-38(30-4-2-1-3-5-30)44(39)31-6-10-35(11-7-31)56-25-24-49-20-22-50(23-21-49)42-18-13-37(28-47-42)57-36-12-16-40-33(27-36)29-51(46(40)55)41-17-19-43(53)48-45(41)54/h1-7,9-13,15-16,18,26-28,38,41,44,52H,8,14,17,19-25,29H2,(H,48,53,54)/t38-,41?,44+/m1/s1. The predicted molar refractivity (Wildman–Crippen MR) is 215 cm³/mol. The Morgan fingerprint density at radius 1 is 0.754 bits per heavy atom. The Hall–Kier alpha value is -6.20. The number of aromatic nitrogens is 1. The van der Waals surface area contributed by atoms with Crippen molar-refractivity contribution < 1.29 is 29.0 Å². The van der Waals surface area contributed by atoms with E-state index >= 15 is 0 Å². The van der Waals surface area contributed by atoms with Gasteiger partial charge in [0.2, 0.25) is 11.8 Å². The maximum absolute atomic E-state index is 13.0. The van der Waals surface area contributed by atoms with Gasteiger partial charge in [-0.05, 0) is 108 Å². The van der Waals surface area contributed by atoms with Crippen molar-refractivity contribution >= 4 is 23.5 Å². The van der Waals surface area contributed by atoms with E-state index in [1.165, 1.54) is 27.2 Å². The van der Waals surface area contributed by atoms with Crippen LogP contribution in [0.3, 0.4) is 0 Å². The summed E-state index contributed by atoms with van der Waals surface area (Å²) >= 11 is 0. The van der Waals surface area contributed by atoms with Gasteiger partial charge in [-0.25, -0.2) is 4.98 Å². The zero-order chi connectivity index (χ0) is 38.9. The number of ether oxygens (including phenoxy) is 2. The number of hydrogen-bond donors (Lipinski definition) is 2. The number of piperazine rings is 1. The minimum atomic E-state index is -0.651. The lowest BCUT2D eigenvalue weighted by Gasteiger charge is -2.35. The highest BCUT2D eigenvalue weighted by molar-refractivity contribution is 6.05. The van der Waals surface area contributed by atoms with Gasteiger partial charge in [-0.3, -0.25) is 24.6 Å². The molecule has 3 amide bonds. The van der Waals surface area contributed by atoms with Gasteiger partial charge >= 0.3 is 0 Å². The van der Waals surface area contributed by atoms with Gasteiger partial charge in [0, 0.05) is 57.2 Å². The van der Waals surface area contributed by atoms with Crippen LogP contribution in [0.2, 0.25) is 0 Å². The van der Waals surface area contributed by atoms with E-state index in [1.807, 2.05) is 30.3 Å². The summed E-state index contributed by atoms with van der Waals surface area (Å²) in [5.41, 5.74) is 6.45. The molecule has 4 aliphatic rings. The number of imide groups is 1. The van der Waals surface area contributed by atoms with Gasteiger partial charge in [0.05, 0.1) is 6.20 Å². The highest BCUT2D eigenvalue weighted by atomic mass is 16.5. The molecule has 0 bridgehead atoms. The molecule has 0 radical (unpaired) electrons. The lowest BCUT2D eigenvalue weighted by molar-refractivity contribution is -0.136. The van der Waals surface area contributed by atoms with Crippen LogP contribution in [0.5, 0.6) is 23.0 Å². The third kappa shape index (κ3) is 7.67. The third-order valence-corrected chi connectivity index (χ3v) is 11.9. The molecule has 290 valence electrons. The average Bonchev–Trinajstić information content (AvgIpc) is 3.56. The number of anilines is 1. The van der Waals surface area contributed by atoms with E-state index < -0.39 is 11.9 Å². The van der Waals surface area contributed by atoms with Crippen LogP contribution < -0.4 is 19.7 Å². The molecule has 3 atom stereocenters. The van der Waals surface area contributed by atoms with E-state index in [-0.39, 0.29) is 24.2 Å². The van der Waals surface area contributed by atoms with Crippen molar-refractivity contribution in [1.82, 2.24) is 20.1 Å². The van der Waals surface area contributed by atoms with Crippen LogP contribution in [-0.4, -0.2) is 83.0 Å². The second-order valence-electron chi connectivity index (χ2n) is 15.3. The van der Waals surface area contributed by atoms with Crippen LogP contribution in [0.25, 0.3) is 0 Å². The second-order valence-corrected chi connectivity index (χ2v) is 15.3. The number of benzene rings is 4. The summed E-state index contributed by atoms with van der Waals surface area (Å²) < 4.78 is 12.3. The summed E-state index contributed by atoms with van der Waals surface area (Å²) in [5.74, 6) is 2.89. The number of hydrogen-bond acceptors (Lipinski definition) is 9. The molecule has 3 aliphatic heterocycles.